The van der Waals surface area contributed by atoms with Crippen molar-refractivity contribution in [1.29, 1.82) is 0 Å². The van der Waals surface area contributed by atoms with Crippen molar-refractivity contribution in [1.82, 2.24) is 5.32 Å². The van der Waals surface area contributed by atoms with Crippen LogP contribution in [-0.2, 0) is 0 Å². The van der Waals surface area contributed by atoms with Gasteiger partial charge in [0.15, 0.2) is 0 Å². The van der Waals surface area contributed by atoms with Gasteiger partial charge in [0.25, 0.3) is 0 Å². The highest BCUT2D eigenvalue weighted by Gasteiger charge is 2.01. The van der Waals surface area contributed by atoms with Crippen molar-refractivity contribution in [2.45, 2.75) is 32.4 Å². The molecule has 2 N–H and O–H groups in total. The Hall–Kier alpha value is -0.520. The molecule has 0 radical (unpaired) electrons. The molecule has 2 heteroatoms. The van der Waals surface area contributed by atoms with E-state index in [1.807, 2.05) is 6.92 Å². The zero-order valence-electron chi connectivity index (χ0n) is 6.59. The lowest BCUT2D eigenvalue weighted by Crippen LogP contribution is -2.32. The van der Waals surface area contributed by atoms with E-state index in [9.17, 15) is 0 Å². The van der Waals surface area contributed by atoms with E-state index < -0.39 is 0 Å². The van der Waals surface area contributed by atoms with Gasteiger partial charge in [-0.1, -0.05) is 12.8 Å². The van der Waals surface area contributed by atoms with Gasteiger partial charge in [-0.25, -0.2) is 0 Å². The lowest BCUT2D eigenvalue weighted by molar-refractivity contribution is 0.189. The van der Waals surface area contributed by atoms with Crippen LogP contribution in [0.25, 0.3) is 0 Å². The molecule has 58 valence electrons. The number of rotatable bonds is 4. The minimum atomic E-state index is -0.317. The van der Waals surface area contributed by atoms with Crippen molar-refractivity contribution in [3.8, 4) is 12.3 Å². The summed E-state index contributed by atoms with van der Waals surface area (Å²) < 4.78 is 0. The van der Waals surface area contributed by atoms with Crippen LogP contribution in [0.3, 0.4) is 0 Å². The van der Waals surface area contributed by atoms with Crippen LogP contribution in [0, 0.1) is 12.3 Å². The summed E-state index contributed by atoms with van der Waals surface area (Å²) >= 11 is 0. The highest BCUT2D eigenvalue weighted by Crippen LogP contribution is 1.87. The quantitative estimate of drug-likeness (QED) is 0.554. The summed E-state index contributed by atoms with van der Waals surface area (Å²) in [5.41, 5.74) is 0. The Kier molecular flexibility index (Phi) is 5.00. The summed E-state index contributed by atoms with van der Waals surface area (Å²) in [6, 6.07) is 0.106. The first-order valence-corrected chi connectivity index (χ1v) is 3.58. The lowest BCUT2D eigenvalue weighted by Gasteiger charge is -2.11. The molecule has 0 rings (SSSR count). The van der Waals surface area contributed by atoms with E-state index >= 15 is 0 Å². The predicted molar refractivity (Wildman–Crippen MR) is 42.6 cm³/mol. The van der Waals surface area contributed by atoms with Crippen molar-refractivity contribution < 1.29 is 5.11 Å². The summed E-state index contributed by atoms with van der Waals surface area (Å²) in [4.78, 5) is 0. The van der Waals surface area contributed by atoms with Crippen LogP contribution >= 0.6 is 0 Å². The highest BCUT2D eigenvalue weighted by atomic mass is 16.3. The fourth-order valence-corrected chi connectivity index (χ4v) is 0.634. The van der Waals surface area contributed by atoms with Gasteiger partial charge in [-0.15, -0.1) is 6.42 Å². The summed E-state index contributed by atoms with van der Waals surface area (Å²) in [5.74, 6) is 2.58. The van der Waals surface area contributed by atoms with Gasteiger partial charge in [0.1, 0.15) is 0 Å². The minimum Gasteiger partial charge on any atom is -0.392 e. The first-order valence-electron chi connectivity index (χ1n) is 3.58. The molecule has 2 atom stereocenters. The van der Waals surface area contributed by atoms with Crippen LogP contribution in [0.4, 0.5) is 0 Å². The van der Waals surface area contributed by atoms with Gasteiger partial charge in [0, 0.05) is 6.54 Å². The maximum Gasteiger partial charge on any atom is 0.0685 e. The van der Waals surface area contributed by atoms with Crippen molar-refractivity contribution in [3.63, 3.8) is 0 Å². The second-order valence-electron chi connectivity index (χ2n) is 2.38. The third-order valence-electron chi connectivity index (χ3n) is 1.27. The molecule has 0 heterocycles. The van der Waals surface area contributed by atoms with Crippen LogP contribution in [0.2, 0.25) is 0 Å². The van der Waals surface area contributed by atoms with E-state index in [-0.39, 0.29) is 12.1 Å². The Balaban J connectivity index is 3.38. The monoisotopic (exact) mass is 141 g/mol. The molecule has 2 nitrogen and oxygen atoms in total. The maximum absolute atomic E-state index is 8.86. The standard InChI is InChI=1S/C8H15NO/c1-4-8(5-2)9-6-7(3)10/h1,7-10H,5-6H2,2-3H3. The van der Waals surface area contributed by atoms with Gasteiger partial charge in [-0.2, -0.15) is 0 Å². The van der Waals surface area contributed by atoms with E-state index in [0.29, 0.717) is 6.54 Å². The van der Waals surface area contributed by atoms with Crippen LogP contribution in [0.15, 0.2) is 0 Å². The second kappa shape index (κ2) is 5.28. The molecule has 0 amide bonds. The summed E-state index contributed by atoms with van der Waals surface area (Å²) in [5, 5.41) is 11.9. The highest BCUT2D eigenvalue weighted by molar-refractivity contribution is 4.97. The Morgan fingerprint density at radius 3 is 2.60 bits per heavy atom. The molecule has 0 saturated heterocycles. The molecule has 0 bridgehead atoms. The van der Waals surface area contributed by atoms with E-state index in [1.54, 1.807) is 6.92 Å². The maximum atomic E-state index is 8.86. The number of terminal acetylenes is 1. The largest absolute Gasteiger partial charge is 0.392 e. The Labute approximate surface area is 62.6 Å². The number of nitrogens with one attached hydrogen (secondary N) is 1. The van der Waals surface area contributed by atoms with E-state index in [0.717, 1.165) is 6.42 Å². The zero-order valence-corrected chi connectivity index (χ0v) is 6.59. The molecule has 0 aliphatic rings. The third-order valence-corrected chi connectivity index (χ3v) is 1.27. The Morgan fingerprint density at radius 2 is 2.30 bits per heavy atom. The molecular formula is C8H15NO. The van der Waals surface area contributed by atoms with Crippen molar-refractivity contribution in [2.24, 2.45) is 0 Å². The molecule has 0 spiro atoms. The number of aliphatic hydroxyl groups is 1. The minimum absolute atomic E-state index is 0.106. The molecule has 0 aromatic rings. The van der Waals surface area contributed by atoms with Crippen LogP contribution in [0.1, 0.15) is 20.3 Å². The van der Waals surface area contributed by atoms with Gasteiger partial charge >= 0.3 is 0 Å². The van der Waals surface area contributed by atoms with Crippen LogP contribution in [-0.4, -0.2) is 23.8 Å². The average Bonchev–Trinajstić information content (AvgIpc) is 1.90. The van der Waals surface area contributed by atoms with Gasteiger partial charge in [0.2, 0.25) is 0 Å². The summed E-state index contributed by atoms with van der Waals surface area (Å²) in [6.45, 7) is 4.32. The summed E-state index contributed by atoms with van der Waals surface area (Å²) in [7, 11) is 0. The van der Waals surface area contributed by atoms with Gasteiger partial charge in [0.05, 0.1) is 12.1 Å². The molecule has 2 unspecified atom stereocenters. The third kappa shape index (κ3) is 4.37. The fourth-order valence-electron chi connectivity index (χ4n) is 0.634. The molecule has 0 aliphatic carbocycles. The van der Waals surface area contributed by atoms with Gasteiger partial charge in [-0.3, -0.25) is 0 Å². The molecule has 0 aliphatic heterocycles. The number of hydrogen-bond acceptors (Lipinski definition) is 2. The lowest BCUT2D eigenvalue weighted by atomic mass is 10.2. The first kappa shape index (κ1) is 9.48. The van der Waals surface area contributed by atoms with Crippen molar-refractivity contribution in [2.75, 3.05) is 6.54 Å². The summed E-state index contributed by atoms with van der Waals surface area (Å²) in [6.07, 6.45) is 5.76. The predicted octanol–water partition coefficient (Wildman–Crippen LogP) is 0.369. The fraction of sp³-hybridized carbons (Fsp3) is 0.750. The van der Waals surface area contributed by atoms with Crippen molar-refractivity contribution >= 4 is 0 Å². The smallest absolute Gasteiger partial charge is 0.0685 e. The molecule has 10 heavy (non-hydrogen) atoms. The zero-order chi connectivity index (χ0) is 7.98. The molecular weight excluding hydrogens is 126 g/mol. The Bertz CT molecular complexity index is 115. The van der Waals surface area contributed by atoms with E-state index in [2.05, 4.69) is 11.2 Å². The topological polar surface area (TPSA) is 32.3 Å². The Morgan fingerprint density at radius 1 is 1.70 bits per heavy atom. The van der Waals surface area contributed by atoms with E-state index in [1.165, 1.54) is 0 Å². The van der Waals surface area contributed by atoms with Crippen LogP contribution < -0.4 is 5.32 Å². The number of aliphatic hydroxyl groups excluding tert-OH is 1. The molecule has 0 fully saturated rings. The average molecular weight is 141 g/mol. The van der Waals surface area contributed by atoms with Gasteiger partial charge < -0.3 is 10.4 Å². The second-order valence-corrected chi connectivity index (χ2v) is 2.38. The molecule has 0 saturated carbocycles. The first-order chi connectivity index (χ1) is 4.70. The van der Waals surface area contributed by atoms with Crippen molar-refractivity contribution in [3.05, 3.63) is 0 Å². The number of hydrogen-bond donors (Lipinski definition) is 2. The molecule has 0 aromatic heterocycles. The molecule has 0 aromatic carbocycles. The van der Waals surface area contributed by atoms with Gasteiger partial charge in [-0.05, 0) is 13.3 Å². The van der Waals surface area contributed by atoms with Crippen LogP contribution in [0.5, 0.6) is 0 Å². The normalized spacial score (nSPS) is 15.8. The SMILES string of the molecule is C#CC(CC)NCC(C)O. The van der Waals surface area contributed by atoms with E-state index in [4.69, 9.17) is 11.5 Å².